The standard InChI is InChI=1S/C16H19N3O2/c1-21-15-11-18-9-7-14(15)16(20)19-13-6-2-4-12(10-13)5-3-8-17/h2,4,6-7,9-11H,3,5,8,17H2,1H3,(H,19,20). The van der Waals surface area contributed by atoms with Gasteiger partial charge in [0, 0.05) is 11.9 Å². The molecule has 1 aromatic heterocycles. The van der Waals surface area contributed by atoms with Crippen LogP contribution in [0.3, 0.4) is 0 Å². The largest absolute Gasteiger partial charge is 0.494 e. The molecule has 0 unspecified atom stereocenters. The lowest BCUT2D eigenvalue weighted by Crippen LogP contribution is -2.13. The molecule has 0 atom stereocenters. The Hall–Kier alpha value is -2.40. The van der Waals surface area contributed by atoms with Crippen molar-refractivity contribution in [1.29, 1.82) is 0 Å². The topological polar surface area (TPSA) is 77.2 Å². The summed E-state index contributed by atoms with van der Waals surface area (Å²) in [4.78, 5) is 16.2. The molecule has 1 amide bonds. The van der Waals surface area contributed by atoms with E-state index in [9.17, 15) is 4.79 Å². The molecule has 2 rings (SSSR count). The Kier molecular flexibility index (Phi) is 5.29. The van der Waals surface area contributed by atoms with E-state index in [2.05, 4.69) is 10.3 Å². The molecule has 1 heterocycles. The van der Waals surface area contributed by atoms with Gasteiger partial charge in [0.1, 0.15) is 5.75 Å². The maximum Gasteiger partial charge on any atom is 0.259 e. The Morgan fingerprint density at radius 3 is 3.00 bits per heavy atom. The fourth-order valence-corrected chi connectivity index (χ4v) is 2.04. The molecule has 0 bridgehead atoms. The summed E-state index contributed by atoms with van der Waals surface area (Å²) in [5.41, 5.74) is 7.88. The van der Waals surface area contributed by atoms with E-state index in [1.165, 1.54) is 13.3 Å². The zero-order valence-corrected chi connectivity index (χ0v) is 12.0. The van der Waals surface area contributed by atoms with Crippen LogP contribution in [0, 0.1) is 0 Å². The summed E-state index contributed by atoms with van der Waals surface area (Å²) in [6, 6.07) is 9.40. The van der Waals surface area contributed by atoms with Gasteiger partial charge in [-0.3, -0.25) is 9.78 Å². The van der Waals surface area contributed by atoms with Gasteiger partial charge in [0.2, 0.25) is 0 Å². The Morgan fingerprint density at radius 1 is 1.38 bits per heavy atom. The van der Waals surface area contributed by atoms with E-state index >= 15 is 0 Å². The van der Waals surface area contributed by atoms with Gasteiger partial charge in [0.05, 0.1) is 18.9 Å². The predicted molar refractivity (Wildman–Crippen MR) is 82.6 cm³/mol. The summed E-state index contributed by atoms with van der Waals surface area (Å²) in [6.07, 6.45) is 4.91. The van der Waals surface area contributed by atoms with Gasteiger partial charge in [-0.1, -0.05) is 12.1 Å². The van der Waals surface area contributed by atoms with E-state index in [1.807, 2.05) is 24.3 Å². The third-order valence-corrected chi connectivity index (χ3v) is 3.10. The maximum absolute atomic E-state index is 12.3. The van der Waals surface area contributed by atoms with Crippen LogP contribution >= 0.6 is 0 Å². The molecule has 21 heavy (non-hydrogen) atoms. The van der Waals surface area contributed by atoms with Crippen molar-refractivity contribution in [1.82, 2.24) is 4.98 Å². The van der Waals surface area contributed by atoms with Crippen molar-refractivity contribution in [2.45, 2.75) is 12.8 Å². The van der Waals surface area contributed by atoms with Crippen LogP contribution < -0.4 is 15.8 Å². The van der Waals surface area contributed by atoms with Crippen LogP contribution in [0.1, 0.15) is 22.3 Å². The SMILES string of the molecule is COc1cnccc1C(=O)Nc1cccc(CCCN)c1. The number of anilines is 1. The smallest absolute Gasteiger partial charge is 0.259 e. The highest BCUT2D eigenvalue weighted by atomic mass is 16.5. The fourth-order valence-electron chi connectivity index (χ4n) is 2.04. The van der Waals surface area contributed by atoms with Crippen molar-refractivity contribution in [3.8, 4) is 5.75 Å². The normalized spacial score (nSPS) is 10.2. The number of hydrogen-bond acceptors (Lipinski definition) is 4. The van der Waals surface area contributed by atoms with E-state index in [1.54, 1.807) is 12.3 Å². The predicted octanol–water partition coefficient (Wildman–Crippen LogP) is 2.23. The van der Waals surface area contributed by atoms with Crippen LogP contribution in [0.5, 0.6) is 5.75 Å². The van der Waals surface area contributed by atoms with Crippen LogP contribution in [-0.4, -0.2) is 24.5 Å². The zero-order chi connectivity index (χ0) is 15.1. The molecular formula is C16H19N3O2. The molecule has 0 saturated heterocycles. The highest BCUT2D eigenvalue weighted by molar-refractivity contribution is 6.06. The number of methoxy groups -OCH3 is 1. The minimum absolute atomic E-state index is 0.217. The Bertz CT molecular complexity index is 614. The quantitative estimate of drug-likeness (QED) is 0.853. The Balaban J connectivity index is 2.12. The average Bonchev–Trinajstić information content (AvgIpc) is 2.53. The number of carbonyl (C=O) groups is 1. The fraction of sp³-hybridized carbons (Fsp3) is 0.250. The van der Waals surface area contributed by atoms with Crippen molar-refractivity contribution in [2.24, 2.45) is 5.73 Å². The molecule has 0 aliphatic carbocycles. The van der Waals surface area contributed by atoms with Crippen LogP contribution in [0.2, 0.25) is 0 Å². The van der Waals surface area contributed by atoms with Crippen molar-refractivity contribution in [3.05, 3.63) is 53.9 Å². The summed E-state index contributed by atoms with van der Waals surface area (Å²) in [5.74, 6) is 0.236. The number of aryl methyl sites for hydroxylation is 1. The third-order valence-electron chi connectivity index (χ3n) is 3.10. The van der Waals surface area contributed by atoms with E-state index in [-0.39, 0.29) is 5.91 Å². The first kappa shape index (κ1) is 15.0. The first-order valence-corrected chi connectivity index (χ1v) is 6.83. The summed E-state index contributed by atoms with van der Waals surface area (Å²) >= 11 is 0. The molecule has 110 valence electrons. The van der Waals surface area contributed by atoms with Gasteiger partial charge in [-0.2, -0.15) is 0 Å². The van der Waals surface area contributed by atoms with Gasteiger partial charge in [-0.25, -0.2) is 0 Å². The van der Waals surface area contributed by atoms with Crippen LogP contribution in [0.15, 0.2) is 42.7 Å². The van der Waals surface area contributed by atoms with Gasteiger partial charge in [0.25, 0.3) is 5.91 Å². The lowest BCUT2D eigenvalue weighted by Gasteiger charge is -2.09. The molecule has 2 aromatic rings. The van der Waals surface area contributed by atoms with Gasteiger partial charge in [-0.05, 0) is 43.1 Å². The average molecular weight is 285 g/mol. The number of nitrogens with two attached hydrogens (primary N) is 1. The van der Waals surface area contributed by atoms with E-state index in [4.69, 9.17) is 10.5 Å². The van der Waals surface area contributed by atoms with E-state index in [0.717, 1.165) is 24.1 Å². The third kappa shape index (κ3) is 4.03. The number of benzene rings is 1. The molecule has 1 aromatic carbocycles. The summed E-state index contributed by atoms with van der Waals surface area (Å²) in [7, 11) is 1.52. The summed E-state index contributed by atoms with van der Waals surface area (Å²) < 4.78 is 5.14. The van der Waals surface area contributed by atoms with Gasteiger partial charge < -0.3 is 15.8 Å². The van der Waals surface area contributed by atoms with Crippen LogP contribution in [0.25, 0.3) is 0 Å². The second-order valence-corrected chi connectivity index (χ2v) is 4.62. The van der Waals surface area contributed by atoms with Crippen molar-refractivity contribution < 1.29 is 9.53 Å². The second kappa shape index (κ2) is 7.40. The van der Waals surface area contributed by atoms with Gasteiger partial charge >= 0.3 is 0 Å². The van der Waals surface area contributed by atoms with Gasteiger partial charge in [0.15, 0.2) is 0 Å². The second-order valence-electron chi connectivity index (χ2n) is 4.62. The molecule has 5 heteroatoms. The number of aromatic nitrogens is 1. The number of amides is 1. The summed E-state index contributed by atoms with van der Waals surface area (Å²) in [6.45, 7) is 0.658. The number of rotatable bonds is 6. The first-order chi connectivity index (χ1) is 10.2. The molecule has 0 radical (unpaired) electrons. The van der Waals surface area contributed by atoms with E-state index < -0.39 is 0 Å². The lowest BCUT2D eigenvalue weighted by atomic mass is 10.1. The molecule has 0 spiro atoms. The molecule has 0 aliphatic heterocycles. The Labute approximate surface area is 124 Å². The van der Waals surface area contributed by atoms with Crippen LogP contribution in [-0.2, 0) is 6.42 Å². The van der Waals surface area contributed by atoms with Crippen molar-refractivity contribution in [3.63, 3.8) is 0 Å². The summed E-state index contributed by atoms with van der Waals surface area (Å²) in [5, 5.41) is 2.87. The number of carbonyl (C=O) groups excluding carboxylic acids is 1. The first-order valence-electron chi connectivity index (χ1n) is 6.83. The number of nitrogens with zero attached hydrogens (tertiary/aromatic N) is 1. The molecule has 3 N–H and O–H groups in total. The lowest BCUT2D eigenvalue weighted by molar-refractivity contribution is 0.102. The highest BCUT2D eigenvalue weighted by Crippen LogP contribution is 2.18. The molecule has 0 fully saturated rings. The molecular weight excluding hydrogens is 266 g/mol. The minimum Gasteiger partial charge on any atom is -0.494 e. The maximum atomic E-state index is 12.3. The Morgan fingerprint density at radius 2 is 2.24 bits per heavy atom. The van der Waals surface area contributed by atoms with Gasteiger partial charge in [-0.15, -0.1) is 0 Å². The molecule has 5 nitrogen and oxygen atoms in total. The monoisotopic (exact) mass is 285 g/mol. The molecule has 0 saturated carbocycles. The van der Waals surface area contributed by atoms with Crippen molar-refractivity contribution in [2.75, 3.05) is 19.0 Å². The highest BCUT2D eigenvalue weighted by Gasteiger charge is 2.12. The number of pyridine rings is 1. The minimum atomic E-state index is -0.217. The number of ether oxygens (including phenoxy) is 1. The zero-order valence-electron chi connectivity index (χ0n) is 12.0. The molecule has 0 aliphatic rings. The van der Waals surface area contributed by atoms with Crippen molar-refractivity contribution >= 4 is 11.6 Å². The number of nitrogens with one attached hydrogen (secondary N) is 1. The van der Waals surface area contributed by atoms with E-state index in [0.29, 0.717) is 17.9 Å². The number of hydrogen-bond donors (Lipinski definition) is 2. The van der Waals surface area contributed by atoms with Crippen LogP contribution in [0.4, 0.5) is 5.69 Å².